The number of pyridine rings is 1. The summed E-state index contributed by atoms with van der Waals surface area (Å²) in [4.78, 5) is 6.62. The van der Waals surface area contributed by atoms with Crippen LogP contribution in [0.3, 0.4) is 0 Å². The number of morpholine rings is 1. The van der Waals surface area contributed by atoms with Gasteiger partial charge in [0.15, 0.2) is 5.82 Å². The number of nitrogens with zero attached hydrogens (tertiary/aromatic N) is 2. The summed E-state index contributed by atoms with van der Waals surface area (Å²) in [6, 6.07) is 2.06. The van der Waals surface area contributed by atoms with Crippen LogP contribution in [0.5, 0.6) is 0 Å². The fourth-order valence-electron chi connectivity index (χ4n) is 2.04. The van der Waals surface area contributed by atoms with Crippen LogP contribution in [-0.2, 0) is 4.74 Å². The zero-order valence-electron chi connectivity index (χ0n) is 8.49. The van der Waals surface area contributed by atoms with Crippen molar-refractivity contribution in [2.24, 2.45) is 0 Å². The number of hydrogen-bond donors (Lipinski definition) is 2. The normalized spacial score (nSPS) is 19.3. The Morgan fingerprint density at radius 2 is 2.13 bits per heavy atom. The molecule has 1 fully saturated rings. The quantitative estimate of drug-likeness (QED) is 0.709. The van der Waals surface area contributed by atoms with Crippen molar-refractivity contribution in [3.05, 3.63) is 12.3 Å². The Labute approximate surface area is 88.4 Å². The summed E-state index contributed by atoms with van der Waals surface area (Å²) in [6.07, 6.45) is 1.85. The number of aromatic nitrogens is 1. The smallest absolute Gasteiger partial charge is 0.152 e. The Kier molecular flexibility index (Phi) is 2.10. The third-order valence-electron chi connectivity index (χ3n) is 2.80. The van der Waals surface area contributed by atoms with Gasteiger partial charge >= 0.3 is 0 Å². The van der Waals surface area contributed by atoms with E-state index in [0.29, 0.717) is 0 Å². The molecule has 5 nitrogen and oxygen atoms in total. The number of hydrogen-bond acceptors (Lipinski definition) is 5. The average Bonchev–Trinajstić information content (AvgIpc) is 2.78. The van der Waals surface area contributed by atoms with E-state index >= 15 is 0 Å². The van der Waals surface area contributed by atoms with Crippen molar-refractivity contribution in [1.82, 2.24) is 4.98 Å². The van der Waals surface area contributed by atoms with E-state index in [-0.39, 0.29) is 0 Å². The monoisotopic (exact) mass is 206 g/mol. The topological polar surface area (TPSA) is 49.4 Å². The van der Waals surface area contributed by atoms with Crippen LogP contribution < -0.4 is 15.5 Å². The van der Waals surface area contributed by atoms with Crippen molar-refractivity contribution < 1.29 is 4.74 Å². The molecule has 5 heteroatoms. The molecule has 3 rings (SSSR count). The van der Waals surface area contributed by atoms with E-state index in [1.54, 1.807) is 0 Å². The van der Waals surface area contributed by atoms with Gasteiger partial charge in [0.25, 0.3) is 0 Å². The van der Waals surface area contributed by atoms with Crippen molar-refractivity contribution in [3.8, 4) is 0 Å². The molecule has 0 unspecified atom stereocenters. The molecule has 2 aliphatic heterocycles. The second-order valence-electron chi connectivity index (χ2n) is 3.68. The van der Waals surface area contributed by atoms with Crippen molar-refractivity contribution in [2.45, 2.75) is 0 Å². The Morgan fingerprint density at radius 3 is 3.00 bits per heavy atom. The first-order chi connectivity index (χ1) is 7.45. The van der Waals surface area contributed by atoms with E-state index in [9.17, 15) is 0 Å². The molecule has 1 aromatic rings. The maximum atomic E-state index is 5.35. The van der Waals surface area contributed by atoms with Gasteiger partial charge in [-0.25, -0.2) is 4.98 Å². The zero-order chi connectivity index (χ0) is 10.1. The molecule has 80 valence electrons. The lowest BCUT2D eigenvalue weighted by Crippen LogP contribution is -2.36. The van der Waals surface area contributed by atoms with Crippen LogP contribution in [0, 0.1) is 0 Å². The maximum absolute atomic E-state index is 5.35. The molecule has 1 aromatic heterocycles. The largest absolute Gasteiger partial charge is 0.378 e. The minimum atomic E-state index is 0.768. The SMILES string of the molecule is c1cc(N2CCOCC2)c2c(n1)NCN2. The lowest BCUT2D eigenvalue weighted by molar-refractivity contribution is 0.123. The summed E-state index contributed by atoms with van der Waals surface area (Å²) in [5.41, 5.74) is 2.35. The van der Waals surface area contributed by atoms with Crippen LogP contribution in [0.2, 0.25) is 0 Å². The lowest BCUT2D eigenvalue weighted by Gasteiger charge is -2.29. The van der Waals surface area contributed by atoms with Gasteiger partial charge < -0.3 is 20.3 Å². The van der Waals surface area contributed by atoms with Gasteiger partial charge in [-0.3, -0.25) is 0 Å². The van der Waals surface area contributed by atoms with Crippen LogP contribution in [0.1, 0.15) is 0 Å². The summed E-state index contributed by atoms with van der Waals surface area (Å²) in [5, 5.41) is 6.51. The zero-order valence-corrected chi connectivity index (χ0v) is 8.49. The number of anilines is 3. The lowest BCUT2D eigenvalue weighted by atomic mass is 10.2. The molecule has 0 amide bonds. The molecule has 3 heterocycles. The van der Waals surface area contributed by atoms with E-state index in [0.717, 1.165) is 44.5 Å². The average molecular weight is 206 g/mol. The molecule has 0 spiro atoms. The third-order valence-corrected chi connectivity index (χ3v) is 2.80. The van der Waals surface area contributed by atoms with Crippen LogP contribution in [0.15, 0.2) is 12.3 Å². The first kappa shape index (κ1) is 8.79. The first-order valence-electron chi connectivity index (χ1n) is 5.24. The molecule has 0 bridgehead atoms. The van der Waals surface area contributed by atoms with Crippen LogP contribution in [-0.4, -0.2) is 38.0 Å². The summed E-state index contributed by atoms with van der Waals surface area (Å²) < 4.78 is 5.35. The molecule has 1 saturated heterocycles. The Morgan fingerprint density at radius 1 is 1.27 bits per heavy atom. The minimum absolute atomic E-state index is 0.768. The molecule has 15 heavy (non-hydrogen) atoms. The summed E-state index contributed by atoms with van der Waals surface area (Å²) in [5.74, 6) is 0.957. The molecule has 0 saturated carbocycles. The maximum Gasteiger partial charge on any atom is 0.152 e. The molecule has 2 N–H and O–H groups in total. The predicted octanol–water partition coefficient (Wildman–Crippen LogP) is 0.713. The number of nitrogens with one attached hydrogen (secondary N) is 2. The van der Waals surface area contributed by atoms with Gasteiger partial charge in [-0.1, -0.05) is 0 Å². The van der Waals surface area contributed by atoms with Crippen LogP contribution in [0.4, 0.5) is 17.2 Å². The molecule has 0 atom stereocenters. The van der Waals surface area contributed by atoms with Gasteiger partial charge in [0.05, 0.1) is 25.6 Å². The minimum Gasteiger partial charge on any atom is -0.378 e. The highest BCUT2D eigenvalue weighted by atomic mass is 16.5. The van der Waals surface area contributed by atoms with E-state index in [4.69, 9.17) is 4.74 Å². The van der Waals surface area contributed by atoms with Gasteiger partial charge in [-0.05, 0) is 6.07 Å². The van der Waals surface area contributed by atoms with E-state index in [2.05, 4.69) is 26.6 Å². The Bertz CT molecular complexity index is 362. The van der Waals surface area contributed by atoms with Crippen molar-refractivity contribution in [1.29, 1.82) is 0 Å². The fraction of sp³-hybridized carbons (Fsp3) is 0.500. The summed E-state index contributed by atoms with van der Waals surface area (Å²) >= 11 is 0. The van der Waals surface area contributed by atoms with Gasteiger partial charge in [-0.2, -0.15) is 0 Å². The van der Waals surface area contributed by atoms with Gasteiger partial charge in [-0.15, -0.1) is 0 Å². The fourth-order valence-corrected chi connectivity index (χ4v) is 2.04. The highest BCUT2D eigenvalue weighted by Gasteiger charge is 2.20. The van der Waals surface area contributed by atoms with Crippen LogP contribution in [0.25, 0.3) is 0 Å². The van der Waals surface area contributed by atoms with Crippen molar-refractivity contribution >= 4 is 17.2 Å². The molecule has 0 aromatic carbocycles. The Hall–Kier alpha value is -1.49. The van der Waals surface area contributed by atoms with Crippen LogP contribution >= 0.6 is 0 Å². The number of fused-ring (bicyclic) bond motifs is 1. The molecule has 0 radical (unpaired) electrons. The molecule has 2 aliphatic rings. The standard InChI is InChI=1S/C10H14N4O/c1-2-11-10-9(12-7-13-10)8(1)14-3-5-15-6-4-14/h1-2,12H,3-7H2,(H,11,13). The number of ether oxygens (including phenoxy) is 1. The summed E-state index contributed by atoms with van der Waals surface area (Å²) in [7, 11) is 0. The predicted molar refractivity (Wildman–Crippen MR) is 59.4 cm³/mol. The van der Waals surface area contributed by atoms with E-state index in [1.165, 1.54) is 5.69 Å². The van der Waals surface area contributed by atoms with Crippen molar-refractivity contribution in [3.63, 3.8) is 0 Å². The molecule has 0 aliphatic carbocycles. The summed E-state index contributed by atoms with van der Waals surface area (Å²) in [6.45, 7) is 4.30. The third kappa shape index (κ3) is 1.48. The Balaban J connectivity index is 1.93. The van der Waals surface area contributed by atoms with E-state index < -0.39 is 0 Å². The van der Waals surface area contributed by atoms with Gasteiger partial charge in [0.1, 0.15) is 5.69 Å². The second-order valence-corrected chi connectivity index (χ2v) is 3.68. The van der Waals surface area contributed by atoms with Gasteiger partial charge in [0.2, 0.25) is 0 Å². The van der Waals surface area contributed by atoms with Gasteiger partial charge in [0, 0.05) is 19.3 Å². The second kappa shape index (κ2) is 3.58. The molecular weight excluding hydrogens is 192 g/mol. The van der Waals surface area contributed by atoms with Crippen molar-refractivity contribution in [2.75, 3.05) is 48.5 Å². The first-order valence-corrected chi connectivity index (χ1v) is 5.24. The highest BCUT2D eigenvalue weighted by molar-refractivity contribution is 5.83. The molecular formula is C10H14N4O. The number of rotatable bonds is 1. The highest BCUT2D eigenvalue weighted by Crippen LogP contribution is 2.34. The van der Waals surface area contributed by atoms with E-state index in [1.807, 2.05) is 6.20 Å².